The summed E-state index contributed by atoms with van der Waals surface area (Å²) in [5.41, 5.74) is -0.594. The van der Waals surface area contributed by atoms with Crippen molar-refractivity contribution in [3.05, 3.63) is 22.4 Å². The molecule has 25 heavy (non-hydrogen) atoms. The normalized spacial score (nSPS) is 18.6. The molecule has 1 saturated carbocycles. The summed E-state index contributed by atoms with van der Waals surface area (Å²) in [6, 6.07) is 3.91. The van der Waals surface area contributed by atoms with Crippen molar-refractivity contribution >= 4 is 41.3 Å². The summed E-state index contributed by atoms with van der Waals surface area (Å²) in [5, 5.41) is 19.3. The summed E-state index contributed by atoms with van der Waals surface area (Å²) >= 11 is 1.56. The Morgan fingerprint density at radius 1 is 1.44 bits per heavy atom. The predicted molar refractivity (Wildman–Crippen MR) is 116 cm³/mol. The van der Waals surface area contributed by atoms with Gasteiger partial charge in [0, 0.05) is 31.7 Å². The lowest BCUT2D eigenvalue weighted by atomic mass is 9.67. The van der Waals surface area contributed by atoms with Crippen LogP contribution in [0.4, 0.5) is 0 Å². The lowest BCUT2D eigenvalue weighted by Gasteiger charge is -2.42. The van der Waals surface area contributed by atoms with E-state index >= 15 is 0 Å². The first-order valence-corrected chi connectivity index (χ1v) is 9.67. The summed E-state index contributed by atoms with van der Waals surface area (Å²) in [5.74, 6) is 0.776. The van der Waals surface area contributed by atoms with E-state index in [0.29, 0.717) is 12.0 Å². The van der Waals surface area contributed by atoms with Crippen molar-refractivity contribution in [2.75, 3.05) is 33.4 Å². The maximum atomic E-state index is 10.6. The van der Waals surface area contributed by atoms with Gasteiger partial charge < -0.3 is 20.5 Å². The number of ether oxygens (including phenoxy) is 1. The van der Waals surface area contributed by atoms with Crippen molar-refractivity contribution < 1.29 is 9.84 Å². The van der Waals surface area contributed by atoms with Crippen LogP contribution in [0.3, 0.4) is 0 Å². The van der Waals surface area contributed by atoms with E-state index in [1.807, 2.05) is 24.4 Å². The average molecular weight is 481 g/mol. The molecule has 7 heteroatoms. The highest BCUT2D eigenvalue weighted by Gasteiger charge is 2.36. The molecule has 0 amide bonds. The van der Waals surface area contributed by atoms with Gasteiger partial charge >= 0.3 is 0 Å². The molecule has 1 aromatic heterocycles. The Bertz CT molecular complexity index is 516. The van der Waals surface area contributed by atoms with Crippen LogP contribution in [0.25, 0.3) is 0 Å². The number of nitrogens with one attached hydrogen (secondary N) is 2. The fraction of sp³-hybridized carbons (Fsp3) is 0.722. The number of rotatable bonds is 9. The number of hydrogen-bond donors (Lipinski definition) is 3. The minimum atomic E-state index is -0.930. The van der Waals surface area contributed by atoms with E-state index in [2.05, 4.69) is 22.5 Å². The van der Waals surface area contributed by atoms with Gasteiger partial charge in [-0.2, -0.15) is 0 Å². The quantitative estimate of drug-likeness (QED) is 0.288. The Balaban J connectivity index is 0.00000312. The number of halogens is 1. The van der Waals surface area contributed by atoms with Crippen molar-refractivity contribution in [1.29, 1.82) is 0 Å². The monoisotopic (exact) mass is 481 g/mol. The maximum Gasteiger partial charge on any atom is 0.191 e. The van der Waals surface area contributed by atoms with E-state index < -0.39 is 5.60 Å². The highest BCUT2D eigenvalue weighted by Crippen LogP contribution is 2.43. The van der Waals surface area contributed by atoms with Crippen LogP contribution in [0.1, 0.15) is 44.4 Å². The first kappa shape index (κ1) is 22.7. The molecule has 0 aliphatic heterocycles. The molecule has 1 aromatic rings. The molecule has 1 aliphatic rings. The van der Waals surface area contributed by atoms with Crippen LogP contribution in [0.5, 0.6) is 0 Å². The van der Waals surface area contributed by atoms with Crippen LogP contribution in [0.2, 0.25) is 0 Å². The van der Waals surface area contributed by atoms with E-state index in [4.69, 9.17) is 4.74 Å². The van der Waals surface area contributed by atoms with E-state index in [1.54, 1.807) is 18.4 Å². The fourth-order valence-corrected chi connectivity index (χ4v) is 3.80. The van der Waals surface area contributed by atoms with E-state index in [-0.39, 0.29) is 24.0 Å². The van der Waals surface area contributed by atoms with Crippen molar-refractivity contribution in [3.63, 3.8) is 0 Å². The third kappa shape index (κ3) is 6.69. The Kier molecular flexibility index (Phi) is 9.69. The van der Waals surface area contributed by atoms with Gasteiger partial charge in [0.25, 0.3) is 0 Å². The molecule has 1 heterocycles. The van der Waals surface area contributed by atoms with Crippen LogP contribution < -0.4 is 10.6 Å². The van der Waals surface area contributed by atoms with E-state index in [1.165, 1.54) is 19.3 Å². The highest BCUT2D eigenvalue weighted by molar-refractivity contribution is 14.0. The minimum Gasteiger partial charge on any atom is -0.385 e. The molecule has 1 fully saturated rings. The number of thiophene rings is 1. The first-order valence-electron chi connectivity index (χ1n) is 8.79. The standard InChI is InChI=1S/C18H31N3O2S.HI/c1-4-19-16(20-13-17(2,22)15-7-5-12-24-15)21-14-18(8-6-9-18)10-11-23-3;/h5,7,12,22H,4,6,8-11,13-14H2,1-3H3,(H2,19,20,21);1H. The number of guanidine groups is 1. The Morgan fingerprint density at radius 3 is 2.72 bits per heavy atom. The third-order valence-corrected chi connectivity index (χ3v) is 5.95. The second-order valence-electron chi connectivity index (χ2n) is 6.90. The topological polar surface area (TPSA) is 65.9 Å². The van der Waals surface area contributed by atoms with Crippen molar-refractivity contribution in [3.8, 4) is 0 Å². The van der Waals surface area contributed by atoms with E-state index in [0.717, 1.165) is 37.0 Å². The molecule has 0 spiro atoms. The maximum absolute atomic E-state index is 10.6. The first-order chi connectivity index (χ1) is 11.5. The highest BCUT2D eigenvalue weighted by atomic mass is 127. The molecular formula is C18H32IN3O2S. The molecule has 0 saturated heterocycles. The number of methoxy groups -OCH3 is 1. The molecule has 0 radical (unpaired) electrons. The van der Waals surface area contributed by atoms with Gasteiger partial charge in [-0.3, -0.25) is 0 Å². The SMILES string of the molecule is CCNC(=NCC(C)(O)c1cccs1)NCC1(CCOC)CCC1.I. The molecule has 2 rings (SSSR count). The van der Waals surface area contributed by atoms with Gasteiger partial charge in [-0.1, -0.05) is 12.5 Å². The molecular weight excluding hydrogens is 449 g/mol. The van der Waals surface area contributed by atoms with E-state index in [9.17, 15) is 5.11 Å². The van der Waals surface area contributed by atoms with Crippen LogP contribution in [0.15, 0.2) is 22.5 Å². The summed E-state index contributed by atoms with van der Waals surface area (Å²) < 4.78 is 5.26. The summed E-state index contributed by atoms with van der Waals surface area (Å²) in [4.78, 5) is 5.54. The molecule has 1 aliphatic carbocycles. The Labute approximate surface area is 172 Å². The molecule has 1 atom stereocenters. The van der Waals surface area contributed by atoms with Gasteiger partial charge in [0.1, 0.15) is 5.60 Å². The molecule has 5 nitrogen and oxygen atoms in total. The molecule has 0 aromatic carbocycles. The minimum absolute atomic E-state index is 0. The van der Waals surface area contributed by atoms with Crippen LogP contribution in [-0.4, -0.2) is 44.4 Å². The average Bonchev–Trinajstić information content (AvgIpc) is 3.06. The fourth-order valence-electron chi connectivity index (χ4n) is 3.02. The zero-order valence-electron chi connectivity index (χ0n) is 15.5. The Hall–Kier alpha value is -0.380. The Morgan fingerprint density at radius 2 is 2.20 bits per heavy atom. The second kappa shape index (κ2) is 10.7. The van der Waals surface area contributed by atoms with Crippen LogP contribution in [0, 0.1) is 5.41 Å². The van der Waals surface area contributed by atoms with Gasteiger partial charge in [0.2, 0.25) is 0 Å². The van der Waals surface area contributed by atoms with Crippen molar-refractivity contribution in [1.82, 2.24) is 10.6 Å². The lowest BCUT2D eigenvalue weighted by molar-refractivity contribution is 0.0699. The zero-order valence-corrected chi connectivity index (χ0v) is 18.7. The van der Waals surface area contributed by atoms with Crippen LogP contribution in [-0.2, 0) is 10.3 Å². The van der Waals surface area contributed by atoms with Gasteiger partial charge in [-0.25, -0.2) is 4.99 Å². The van der Waals surface area contributed by atoms with Gasteiger partial charge in [0.05, 0.1) is 6.54 Å². The van der Waals surface area contributed by atoms with Crippen LogP contribution >= 0.6 is 35.3 Å². The number of hydrogen-bond acceptors (Lipinski definition) is 4. The summed E-state index contributed by atoms with van der Waals surface area (Å²) in [6.07, 6.45) is 4.88. The molecule has 1 unspecified atom stereocenters. The smallest absolute Gasteiger partial charge is 0.191 e. The third-order valence-electron chi connectivity index (χ3n) is 4.82. The zero-order chi connectivity index (χ0) is 17.5. The number of aliphatic hydroxyl groups is 1. The van der Waals surface area contributed by atoms with Gasteiger partial charge in [-0.05, 0) is 50.0 Å². The lowest BCUT2D eigenvalue weighted by Crippen LogP contribution is -2.47. The van der Waals surface area contributed by atoms with Crippen molar-refractivity contribution in [2.24, 2.45) is 10.4 Å². The van der Waals surface area contributed by atoms with Gasteiger partial charge in [-0.15, -0.1) is 35.3 Å². The predicted octanol–water partition coefficient (Wildman–Crippen LogP) is 3.34. The largest absolute Gasteiger partial charge is 0.385 e. The molecule has 0 bridgehead atoms. The van der Waals surface area contributed by atoms with Gasteiger partial charge in [0.15, 0.2) is 5.96 Å². The van der Waals surface area contributed by atoms with Crippen molar-refractivity contribution in [2.45, 2.75) is 45.1 Å². The summed E-state index contributed by atoms with van der Waals surface area (Å²) in [7, 11) is 1.76. The summed E-state index contributed by atoms with van der Waals surface area (Å²) in [6.45, 7) is 6.73. The molecule has 144 valence electrons. The number of aliphatic imine (C=N–C) groups is 1. The molecule has 3 N–H and O–H groups in total. The number of nitrogens with zero attached hydrogens (tertiary/aromatic N) is 1. The second-order valence-corrected chi connectivity index (χ2v) is 7.84.